The van der Waals surface area contributed by atoms with E-state index < -0.39 is 0 Å². The molecule has 182 valence electrons. The van der Waals surface area contributed by atoms with Crippen molar-refractivity contribution >= 4 is 57.2 Å². The molecule has 1 aromatic rings. The first-order chi connectivity index (χ1) is 15.6. The molecule has 0 heterocycles. The maximum Gasteiger partial charge on any atom is 0.243 e. The number of thioether (sulfide) groups is 2. The summed E-state index contributed by atoms with van der Waals surface area (Å²) in [6, 6.07) is 6.60. The third-order valence-electron chi connectivity index (χ3n) is 5.50. The third-order valence-corrected chi connectivity index (χ3v) is 7.89. The van der Waals surface area contributed by atoms with Crippen LogP contribution in [0.15, 0.2) is 18.2 Å². The monoisotopic (exact) mass is 514 g/mol. The number of thiocarbonyl (C=S) groups is 1. The second-order valence-electron chi connectivity index (χ2n) is 8.33. The predicted octanol–water partition coefficient (Wildman–Crippen LogP) is 9.77. The van der Waals surface area contributed by atoms with Gasteiger partial charge in [0.1, 0.15) is 0 Å². The fourth-order valence-corrected chi connectivity index (χ4v) is 5.24. The van der Waals surface area contributed by atoms with Gasteiger partial charge in [-0.3, -0.25) is 4.79 Å². The molecule has 0 atom stereocenters. The Kier molecular flexibility index (Phi) is 18.9. The van der Waals surface area contributed by atoms with Gasteiger partial charge in [-0.25, -0.2) is 0 Å². The molecule has 0 radical (unpaired) electrons. The van der Waals surface area contributed by atoms with E-state index in [0.717, 1.165) is 25.2 Å². The Morgan fingerprint density at radius 1 is 0.844 bits per heavy atom. The van der Waals surface area contributed by atoms with Gasteiger partial charge in [0.15, 0.2) is 0 Å². The minimum Gasteiger partial charge on any atom is -0.479 e. The molecular formula is C26H42O2S4. The van der Waals surface area contributed by atoms with Crippen LogP contribution in [-0.2, 0) is 22.7 Å². The van der Waals surface area contributed by atoms with Crippen molar-refractivity contribution in [3.8, 4) is 0 Å². The van der Waals surface area contributed by atoms with Gasteiger partial charge in [0.2, 0.25) is 8.83 Å². The molecule has 0 aliphatic heterocycles. The maximum atomic E-state index is 11.2. The van der Waals surface area contributed by atoms with Crippen molar-refractivity contribution in [1.82, 2.24) is 0 Å². The number of ether oxygens (including phenoxy) is 1. The zero-order valence-corrected chi connectivity index (χ0v) is 23.4. The van der Waals surface area contributed by atoms with Crippen LogP contribution in [0.2, 0.25) is 0 Å². The lowest BCUT2D eigenvalue weighted by Crippen LogP contribution is -2.02. The summed E-state index contributed by atoms with van der Waals surface area (Å²) >= 11 is 12.2. The minimum absolute atomic E-state index is 0.130. The van der Waals surface area contributed by atoms with E-state index in [-0.39, 0.29) is 4.45 Å². The van der Waals surface area contributed by atoms with Crippen LogP contribution in [-0.4, -0.2) is 15.4 Å². The number of hydrogen-bond acceptors (Lipinski definition) is 5. The molecule has 0 amide bonds. The van der Waals surface area contributed by atoms with Crippen molar-refractivity contribution in [2.24, 2.45) is 0 Å². The third kappa shape index (κ3) is 15.6. The van der Waals surface area contributed by atoms with E-state index in [4.69, 9.17) is 17.0 Å². The molecule has 0 spiro atoms. The van der Waals surface area contributed by atoms with Crippen LogP contribution in [0.5, 0.6) is 0 Å². The molecule has 0 unspecified atom stereocenters. The molecule has 0 bridgehead atoms. The van der Waals surface area contributed by atoms with E-state index >= 15 is 0 Å². The number of benzene rings is 1. The number of unbranched alkanes of at least 4 members (excludes halogenated alkanes) is 10. The number of carbonyl (C=O) groups is 1. The van der Waals surface area contributed by atoms with Crippen LogP contribution >= 0.6 is 48.4 Å². The minimum atomic E-state index is -0.130. The van der Waals surface area contributed by atoms with Gasteiger partial charge in [-0.05, 0) is 48.2 Å². The zero-order valence-electron chi connectivity index (χ0n) is 20.0. The molecule has 0 saturated heterocycles. The molecule has 0 N–H and O–H groups in total. The van der Waals surface area contributed by atoms with E-state index in [0.29, 0.717) is 10.1 Å². The summed E-state index contributed by atoms with van der Waals surface area (Å²) in [5.41, 5.74) is 3.91. The van der Waals surface area contributed by atoms with Crippen LogP contribution in [0.1, 0.15) is 108 Å². The van der Waals surface area contributed by atoms with Crippen molar-refractivity contribution < 1.29 is 9.53 Å². The van der Waals surface area contributed by atoms with Crippen molar-refractivity contribution in [2.75, 3.05) is 6.61 Å². The lowest BCUT2D eigenvalue weighted by Gasteiger charge is -2.13. The van der Waals surface area contributed by atoms with Crippen molar-refractivity contribution in [1.29, 1.82) is 0 Å². The Labute approximate surface area is 216 Å². The Hall–Kier alpha value is -0.170. The van der Waals surface area contributed by atoms with Gasteiger partial charge in [0, 0.05) is 11.5 Å². The van der Waals surface area contributed by atoms with Gasteiger partial charge in [0.25, 0.3) is 0 Å². The molecule has 2 nitrogen and oxygen atoms in total. The lowest BCUT2D eigenvalue weighted by atomic mass is 9.99. The standard InChI is InChI=1S/C26H42O2S4/c1-3-5-7-9-11-13-15-23-19-22(20-31-25(27)29)16-17-24(23)21-32-26(30)28-18-14-12-10-8-6-4-2/h16-17,19H,3-15,18,20-21H2,1-2H3,(H,27,29). The largest absolute Gasteiger partial charge is 0.479 e. The molecule has 0 aliphatic rings. The molecular weight excluding hydrogens is 473 g/mol. The molecule has 32 heavy (non-hydrogen) atoms. The van der Waals surface area contributed by atoms with Crippen LogP contribution in [0.3, 0.4) is 0 Å². The molecule has 0 saturated carbocycles. The van der Waals surface area contributed by atoms with Crippen molar-refractivity contribution in [2.45, 2.75) is 109 Å². The highest BCUT2D eigenvalue weighted by Gasteiger charge is 2.08. The van der Waals surface area contributed by atoms with Crippen LogP contribution < -0.4 is 0 Å². The average molecular weight is 515 g/mol. The van der Waals surface area contributed by atoms with Crippen LogP contribution in [0, 0.1) is 0 Å². The summed E-state index contributed by atoms with van der Waals surface area (Å²) in [5, 5.41) is 0. The Balaban J connectivity index is 2.48. The Morgan fingerprint density at radius 3 is 2.12 bits per heavy atom. The summed E-state index contributed by atoms with van der Waals surface area (Å²) < 4.78 is 6.31. The first-order valence-corrected chi connectivity index (χ1v) is 15.1. The molecule has 0 fully saturated rings. The highest BCUT2D eigenvalue weighted by atomic mass is 32.2. The van der Waals surface area contributed by atoms with Crippen molar-refractivity contribution in [3.05, 3.63) is 34.9 Å². The molecule has 0 aromatic heterocycles. The number of thiol groups is 1. The lowest BCUT2D eigenvalue weighted by molar-refractivity contribution is 0.277. The van der Waals surface area contributed by atoms with E-state index in [9.17, 15) is 4.79 Å². The summed E-state index contributed by atoms with van der Waals surface area (Å²) in [5.74, 6) is 1.53. The highest BCUT2D eigenvalue weighted by molar-refractivity contribution is 8.31. The van der Waals surface area contributed by atoms with Crippen LogP contribution in [0.25, 0.3) is 0 Å². The van der Waals surface area contributed by atoms with E-state index in [1.54, 1.807) is 11.8 Å². The number of aryl methyl sites for hydroxylation is 1. The van der Waals surface area contributed by atoms with Crippen LogP contribution in [0.4, 0.5) is 4.79 Å². The molecule has 6 heteroatoms. The topological polar surface area (TPSA) is 26.3 Å². The summed E-state index contributed by atoms with van der Waals surface area (Å²) in [6.45, 7) is 5.23. The fourth-order valence-electron chi connectivity index (χ4n) is 3.60. The quantitative estimate of drug-likeness (QED) is 0.119. The summed E-state index contributed by atoms with van der Waals surface area (Å²) in [6.07, 6.45) is 16.4. The van der Waals surface area contributed by atoms with E-state index in [1.165, 1.54) is 99.1 Å². The normalized spacial score (nSPS) is 11.0. The molecule has 1 aromatic carbocycles. The first-order valence-electron chi connectivity index (χ1n) is 12.3. The van der Waals surface area contributed by atoms with Gasteiger partial charge in [0.05, 0.1) is 6.61 Å². The van der Waals surface area contributed by atoms with Gasteiger partial charge in [-0.2, -0.15) is 0 Å². The number of hydrogen-bond donors (Lipinski definition) is 1. The van der Waals surface area contributed by atoms with Gasteiger partial charge in [-0.1, -0.05) is 132 Å². The zero-order chi connectivity index (χ0) is 23.4. The summed E-state index contributed by atoms with van der Waals surface area (Å²) in [7, 11) is 0. The number of rotatable bonds is 18. The second-order valence-corrected chi connectivity index (χ2v) is 11.6. The van der Waals surface area contributed by atoms with E-state index in [2.05, 4.69) is 44.7 Å². The van der Waals surface area contributed by atoms with Gasteiger partial charge >= 0.3 is 0 Å². The Morgan fingerprint density at radius 2 is 1.47 bits per heavy atom. The van der Waals surface area contributed by atoms with Gasteiger partial charge in [-0.15, -0.1) is 0 Å². The Bertz CT molecular complexity index is 649. The smallest absolute Gasteiger partial charge is 0.243 e. The fraction of sp³-hybridized carbons (Fsp3) is 0.692. The van der Waals surface area contributed by atoms with E-state index in [1.807, 2.05) is 0 Å². The van der Waals surface area contributed by atoms with Crippen molar-refractivity contribution in [3.63, 3.8) is 0 Å². The average Bonchev–Trinajstić information content (AvgIpc) is 2.78. The highest BCUT2D eigenvalue weighted by Crippen LogP contribution is 2.25. The first kappa shape index (κ1) is 29.9. The predicted molar refractivity (Wildman–Crippen MR) is 152 cm³/mol. The van der Waals surface area contributed by atoms with Gasteiger partial charge < -0.3 is 4.74 Å². The second kappa shape index (κ2) is 20.2. The molecule has 1 rings (SSSR count). The molecule has 0 aliphatic carbocycles. The maximum absolute atomic E-state index is 11.2. The number of carbonyl (C=O) groups excluding carboxylic acids is 1. The summed E-state index contributed by atoms with van der Waals surface area (Å²) in [4.78, 5) is 11.2. The SMILES string of the molecule is CCCCCCCCOC(=S)SCc1ccc(CSC(=O)S)cc1CCCCCCCC.